The van der Waals surface area contributed by atoms with Gasteiger partial charge in [0.15, 0.2) is 23.1 Å². The molecule has 5 nitrogen and oxygen atoms in total. The van der Waals surface area contributed by atoms with Crippen LogP contribution >= 0.6 is 34.8 Å². The Balaban J connectivity index is 1.71. The monoisotopic (exact) mass is 606 g/mol. The summed E-state index contributed by atoms with van der Waals surface area (Å²) < 4.78 is 79.8. The molecule has 0 atom stereocenters. The van der Waals surface area contributed by atoms with Crippen LogP contribution in [0.4, 0.5) is 22.0 Å². The lowest BCUT2D eigenvalue weighted by Gasteiger charge is -2.17. The van der Waals surface area contributed by atoms with E-state index in [1.54, 1.807) is 0 Å². The molecule has 0 unspecified atom stereocenters. The summed E-state index contributed by atoms with van der Waals surface area (Å²) in [7, 11) is 0. The summed E-state index contributed by atoms with van der Waals surface area (Å²) in [6.07, 6.45) is -3.41. The van der Waals surface area contributed by atoms with E-state index in [-0.39, 0.29) is 44.6 Å². The maximum atomic E-state index is 15.0. The van der Waals surface area contributed by atoms with Crippen LogP contribution in [-0.2, 0) is 11.0 Å². The maximum Gasteiger partial charge on any atom is 0.416 e. The molecule has 1 amide bonds. The predicted molar refractivity (Wildman–Crippen MR) is 137 cm³/mol. The van der Waals surface area contributed by atoms with Gasteiger partial charge in [-0.05, 0) is 49.2 Å². The highest BCUT2D eigenvalue weighted by Gasteiger charge is 2.33. The van der Waals surface area contributed by atoms with Gasteiger partial charge in [-0.15, -0.1) is 0 Å². The molecule has 0 bridgehead atoms. The maximum absolute atomic E-state index is 15.0. The summed E-state index contributed by atoms with van der Waals surface area (Å²) >= 11 is 18.4. The van der Waals surface area contributed by atoms with E-state index < -0.39 is 40.1 Å². The molecule has 4 rings (SSSR count). The van der Waals surface area contributed by atoms with Crippen molar-refractivity contribution < 1.29 is 36.2 Å². The average Bonchev–Trinajstić information content (AvgIpc) is 2.93. The van der Waals surface area contributed by atoms with Crippen LogP contribution < -0.4 is 20.1 Å². The second-order valence-electron chi connectivity index (χ2n) is 8.26. The van der Waals surface area contributed by atoms with Gasteiger partial charge in [0.2, 0.25) is 0 Å². The van der Waals surface area contributed by atoms with Gasteiger partial charge < -0.3 is 20.1 Å². The Morgan fingerprint density at radius 1 is 0.769 bits per heavy atom. The molecule has 3 aromatic rings. The minimum absolute atomic E-state index is 0.0653. The van der Waals surface area contributed by atoms with Crippen LogP contribution in [-0.4, -0.2) is 19.0 Å². The lowest BCUT2D eigenvalue weighted by atomic mass is 10.0. The number of halogens is 8. The zero-order valence-corrected chi connectivity index (χ0v) is 22.0. The molecule has 0 radical (unpaired) electrons. The number of ether oxygens (including phenoxy) is 2. The lowest BCUT2D eigenvalue weighted by Crippen LogP contribution is -2.26. The number of amides is 1. The molecule has 2 N–H and O–H groups in total. The van der Waals surface area contributed by atoms with Crippen LogP contribution in [0, 0.1) is 11.6 Å². The number of hydrogen-bond donors (Lipinski definition) is 2. The number of para-hydroxylation sites is 2. The van der Waals surface area contributed by atoms with Gasteiger partial charge >= 0.3 is 6.18 Å². The van der Waals surface area contributed by atoms with Crippen LogP contribution in [0.2, 0.25) is 10.0 Å². The standard InChI is InChI=1S/C26H18Cl3F5N2O3/c27-15-12-17(30)14(22-24(29)35-7-3-4-8-36-25(22)37)11-21(15)38-19-5-1-2-6-20(19)39-23-16(28)9-13(10-18(23)31)26(32,33)34/h1-2,5-6,9-12,35H,3-4,7-8H2,(H,36,37)/b24-22-. The summed E-state index contributed by atoms with van der Waals surface area (Å²) in [4.78, 5) is 12.8. The fourth-order valence-corrected chi connectivity index (χ4v) is 4.35. The molecule has 0 aromatic heterocycles. The molecule has 0 saturated heterocycles. The second-order valence-corrected chi connectivity index (χ2v) is 9.45. The predicted octanol–water partition coefficient (Wildman–Crippen LogP) is 8.28. The van der Waals surface area contributed by atoms with Crippen molar-refractivity contribution in [2.24, 2.45) is 0 Å². The number of benzene rings is 3. The van der Waals surface area contributed by atoms with Gasteiger partial charge in [-0.3, -0.25) is 4.79 Å². The molecule has 0 spiro atoms. The van der Waals surface area contributed by atoms with E-state index in [2.05, 4.69) is 10.6 Å². The van der Waals surface area contributed by atoms with E-state index in [1.807, 2.05) is 0 Å². The van der Waals surface area contributed by atoms with Crippen LogP contribution in [0.25, 0.3) is 5.57 Å². The van der Waals surface area contributed by atoms with E-state index in [4.69, 9.17) is 44.3 Å². The third-order valence-electron chi connectivity index (χ3n) is 5.51. The molecule has 39 heavy (non-hydrogen) atoms. The van der Waals surface area contributed by atoms with Gasteiger partial charge in [-0.25, -0.2) is 8.78 Å². The minimum atomic E-state index is -4.82. The molecule has 0 fully saturated rings. The smallest absolute Gasteiger partial charge is 0.416 e. The van der Waals surface area contributed by atoms with Crippen molar-refractivity contribution in [2.45, 2.75) is 19.0 Å². The van der Waals surface area contributed by atoms with E-state index in [1.165, 1.54) is 24.3 Å². The van der Waals surface area contributed by atoms with Crippen molar-refractivity contribution in [1.82, 2.24) is 10.6 Å². The second kappa shape index (κ2) is 11.9. The van der Waals surface area contributed by atoms with Crippen molar-refractivity contribution >= 4 is 46.3 Å². The quantitative estimate of drug-likeness (QED) is 0.226. The third-order valence-corrected chi connectivity index (χ3v) is 6.41. The molecule has 0 aliphatic carbocycles. The summed E-state index contributed by atoms with van der Waals surface area (Å²) in [5.74, 6) is -3.81. The Hall–Kier alpha value is -3.21. The van der Waals surface area contributed by atoms with Gasteiger partial charge in [0.1, 0.15) is 16.7 Å². The van der Waals surface area contributed by atoms with Crippen LogP contribution in [0.1, 0.15) is 24.0 Å². The highest BCUT2D eigenvalue weighted by Crippen LogP contribution is 2.43. The number of rotatable bonds is 5. The van der Waals surface area contributed by atoms with Gasteiger partial charge in [-0.1, -0.05) is 46.9 Å². The third kappa shape index (κ3) is 6.69. The fourth-order valence-electron chi connectivity index (χ4n) is 3.63. The number of alkyl halides is 3. The summed E-state index contributed by atoms with van der Waals surface area (Å²) in [5, 5.41) is 4.68. The summed E-state index contributed by atoms with van der Waals surface area (Å²) in [6, 6.07) is 8.63. The Morgan fingerprint density at radius 3 is 2.05 bits per heavy atom. The lowest BCUT2D eigenvalue weighted by molar-refractivity contribution is -0.137. The molecule has 13 heteroatoms. The molecule has 0 saturated carbocycles. The zero-order valence-electron chi connectivity index (χ0n) is 19.7. The van der Waals surface area contributed by atoms with Crippen LogP contribution in [0.5, 0.6) is 23.0 Å². The fraction of sp³-hybridized carbons (Fsp3) is 0.192. The Morgan fingerprint density at radius 2 is 1.41 bits per heavy atom. The average molecular weight is 608 g/mol. The summed E-state index contributed by atoms with van der Waals surface area (Å²) in [6.45, 7) is 0.824. The van der Waals surface area contributed by atoms with Gasteiger partial charge in [-0.2, -0.15) is 13.2 Å². The van der Waals surface area contributed by atoms with Crippen molar-refractivity contribution in [2.75, 3.05) is 13.1 Å². The van der Waals surface area contributed by atoms with Crippen molar-refractivity contribution in [3.63, 3.8) is 0 Å². The van der Waals surface area contributed by atoms with Crippen molar-refractivity contribution in [3.05, 3.63) is 86.5 Å². The van der Waals surface area contributed by atoms with E-state index in [0.29, 0.717) is 25.6 Å². The Bertz CT molecular complexity index is 1420. The van der Waals surface area contributed by atoms with Crippen molar-refractivity contribution in [3.8, 4) is 23.0 Å². The van der Waals surface area contributed by atoms with Crippen LogP contribution in [0.3, 0.4) is 0 Å². The van der Waals surface area contributed by atoms with Gasteiger partial charge in [0.25, 0.3) is 5.91 Å². The zero-order chi connectivity index (χ0) is 28.3. The Kier molecular flexibility index (Phi) is 8.78. The van der Waals surface area contributed by atoms with E-state index in [9.17, 15) is 22.4 Å². The molecular formula is C26H18Cl3F5N2O3. The number of carbonyl (C=O) groups is 1. The normalized spacial score (nSPS) is 16.5. The van der Waals surface area contributed by atoms with E-state index in [0.717, 1.165) is 18.6 Å². The van der Waals surface area contributed by atoms with Gasteiger partial charge in [0.05, 0.1) is 21.2 Å². The van der Waals surface area contributed by atoms with Crippen LogP contribution in [0.15, 0.2) is 53.7 Å². The first-order chi connectivity index (χ1) is 18.5. The van der Waals surface area contributed by atoms with Crippen molar-refractivity contribution in [1.29, 1.82) is 0 Å². The number of nitrogens with one attached hydrogen (secondary N) is 2. The molecule has 206 valence electrons. The first-order valence-corrected chi connectivity index (χ1v) is 12.5. The molecule has 1 heterocycles. The molecule has 1 aliphatic rings. The molecular weight excluding hydrogens is 590 g/mol. The highest BCUT2D eigenvalue weighted by atomic mass is 35.5. The molecule has 1 aliphatic heterocycles. The highest BCUT2D eigenvalue weighted by molar-refractivity contribution is 6.39. The number of hydrogen-bond acceptors (Lipinski definition) is 4. The van der Waals surface area contributed by atoms with E-state index >= 15 is 4.39 Å². The Labute approximate surface area is 234 Å². The number of carbonyl (C=O) groups excluding carboxylic acids is 1. The SMILES string of the molecule is O=C1NCCCCN/C(Cl)=C\1c1cc(Oc2ccccc2Oc2c(F)cc(C(F)(F)F)cc2Cl)c(Cl)cc1F. The largest absolute Gasteiger partial charge is 0.452 e. The molecule has 3 aromatic carbocycles. The first kappa shape index (κ1) is 28.8. The summed E-state index contributed by atoms with van der Waals surface area (Å²) in [5.41, 5.74) is -1.66. The van der Waals surface area contributed by atoms with Gasteiger partial charge in [0, 0.05) is 18.7 Å². The first-order valence-electron chi connectivity index (χ1n) is 11.4. The minimum Gasteiger partial charge on any atom is -0.452 e. The topological polar surface area (TPSA) is 59.6 Å².